The molecule has 39 heavy (non-hydrogen) atoms. The second kappa shape index (κ2) is 11.4. The molecule has 1 N–H and O–H groups in total. The van der Waals surface area contributed by atoms with Gasteiger partial charge in [-0.25, -0.2) is 13.8 Å². The van der Waals surface area contributed by atoms with Gasteiger partial charge in [-0.15, -0.1) is 10.2 Å². The maximum absolute atomic E-state index is 13.5. The lowest BCUT2D eigenvalue weighted by molar-refractivity contribution is -0.127. The highest BCUT2D eigenvalue weighted by atomic mass is 32.1. The number of anilines is 1. The van der Waals surface area contributed by atoms with Crippen molar-refractivity contribution in [3.05, 3.63) is 75.0 Å². The minimum Gasteiger partial charge on any atom is -0.494 e. The minimum atomic E-state index is -2.88. The van der Waals surface area contributed by atoms with Crippen LogP contribution in [0.25, 0.3) is 16.9 Å². The summed E-state index contributed by atoms with van der Waals surface area (Å²) in [6.45, 7) is 1.76. The molecular formula is C25H23F2N7O4S. The Labute approximate surface area is 225 Å². The molecule has 0 saturated carbocycles. The predicted molar refractivity (Wildman–Crippen MR) is 140 cm³/mol. The van der Waals surface area contributed by atoms with Crippen molar-refractivity contribution in [2.45, 2.75) is 19.8 Å². The number of carbonyl (C=O) groups excluding carboxylic acids is 2. The fourth-order valence-corrected chi connectivity index (χ4v) is 4.25. The average molecular weight is 556 g/mol. The zero-order valence-corrected chi connectivity index (χ0v) is 22.1. The monoisotopic (exact) mass is 555 g/mol. The zero-order valence-electron chi connectivity index (χ0n) is 21.3. The number of amides is 2. The molecule has 4 aromatic rings. The third kappa shape index (κ3) is 6.12. The van der Waals surface area contributed by atoms with Gasteiger partial charge in [-0.3, -0.25) is 29.3 Å². The van der Waals surface area contributed by atoms with Crippen molar-refractivity contribution in [3.63, 3.8) is 0 Å². The van der Waals surface area contributed by atoms with Crippen molar-refractivity contribution >= 4 is 28.3 Å². The van der Waals surface area contributed by atoms with E-state index in [1.54, 1.807) is 27.1 Å². The number of aryl methyl sites for hydroxylation is 1. The van der Waals surface area contributed by atoms with Crippen LogP contribution in [0.5, 0.6) is 5.75 Å². The molecule has 0 unspecified atom stereocenters. The first kappa shape index (κ1) is 27.4. The van der Waals surface area contributed by atoms with E-state index in [-0.39, 0.29) is 51.3 Å². The van der Waals surface area contributed by atoms with Crippen LogP contribution in [0.15, 0.2) is 47.7 Å². The number of ether oxygens (including phenoxy) is 1. The first-order chi connectivity index (χ1) is 18.6. The molecule has 4 heterocycles. The van der Waals surface area contributed by atoms with Crippen molar-refractivity contribution in [2.24, 2.45) is 0 Å². The first-order valence-electron chi connectivity index (χ1n) is 11.4. The summed E-state index contributed by atoms with van der Waals surface area (Å²) >= 11 is 1.02. The van der Waals surface area contributed by atoms with E-state index in [1.807, 2.05) is 0 Å². The van der Waals surface area contributed by atoms with E-state index in [1.165, 1.54) is 41.1 Å². The van der Waals surface area contributed by atoms with Gasteiger partial charge in [0.15, 0.2) is 0 Å². The summed E-state index contributed by atoms with van der Waals surface area (Å²) in [5.41, 5.74) is 0.153. The lowest BCUT2D eigenvalue weighted by Crippen LogP contribution is -2.23. The van der Waals surface area contributed by atoms with Crippen molar-refractivity contribution in [2.75, 3.05) is 26.5 Å². The normalized spacial score (nSPS) is 10.9. The molecule has 0 saturated heterocycles. The number of carbonyl (C=O) groups is 2. The number of alkyl halides is 2. The van der Waals surface area contributed by atoms with Crippen LogP contribution in [-0.4, -0.2) is 62.7 Å². The molecule has 0 fully saturated rings. The number of pyridine rings is 3. The molecule has 0 atom stereocenters. The van der Waals surface area contributed by atoms with Crippen LogP contribution in [-0.2, 0) is 11.2 Å². The fraction of sp³-hybridized carbons (Fsp3) is 0.240. The van der Waals surface area contributed by atoms with Crippen LogP contribution in [0.4, 0.5) is 13.9 Å². The van der Waals surface area contributed by atoms with Crippen LogP contribution in [0.3, 0.4) is 0 Å². The first-order valence-corrected chi connectivity index (χ1v) is 12.2. The van der Waals surface area contributed by atoms with Gasteiger partial charge >= 0.3 is 0 Å². The van der Waals surface area contributed by atoms with Gasteiger partial charge in [0.1, 0.15) is 22.3 Å². The van der Waals surface area contributed by atoms with Crippen molar-refractivity contribution in [3.8, 4) is 22.7 Å². The Morgan fingerprint density at radius 3 is 2.56 bits per heavy atom. The number of nitrogens with one attached hydrogen (secondary N) is 1. The molecule has 0 aliphatic carbocycles. The molecular weight excluding hydrogens is 532 g/mol. The summed E-state index contributed by atoms with van der Waals surface area (Å²) in [4.78, 5) is 47.4. The molecule has 0 aliphatic rings. The summed E-state index contributed by atoms with van der Waals surface area (Å²) in [6, 6.07) is 5.67. The second-order valence-electron chi connectivity index (χ2n) is 8.53. The Morgan fingerprint density at radius 1 is 1.13 bits per heavy atom. The SMILES string of the molecule is COc1cnc(C(F)F)cc1-c1cc(-n2ccc(C)cc2=O)ncc1C(=O)Nc1nnc(CC(=O)N(C)C)s1. The highest BCUT2D eigenvalue weighted by molar-refractivity contribution is 7.15. The van der Waals surface area contributed by atoms with Gasteiger partial charge in [-0.1, -0.05) is 11.3 Å². The van der Waals surface area contributed by atoms with E-state index in [2.05, 4.69) is 25.5 Å². The Kier molecular flexibility index (Phi) is 8.04. The van der Waals surface area contributed by atoms with Crippen molar-refractivity contribution in [1.82, 2.24) is 29.6 Å². The largest absolute Gasteiger partial charge is 0.494 e. The van der Waals surface area contributed by atoms with Gasteiger partial charge in [0, 0.05) is 43.7 Å². The number of aromatic nitrogens is 5. The minimum absolute atomic E-state index is 0.00950. The molecule has 0 bridgehead atoms. The maximum Gasteiger partial charge on any atom is 0.280 e. The topological polar surface area (TPSA) is 132 Å². The molecule has 0 spiro atoms. The van der Waals surface area contributed by atoms with E-state index in [0.717, 1.165) is 29.2 Å². The van der Waals surface area contributed by atoms with E-state index in [4.69, 9.17) is 4.74 Å². The lowest BCUT2D eigenvalue weighted by Gasteiger charge is -2.15. The van der Waals surface area contributed by atoms with Crippen LogP contribution in [0.1, 0.15) is 33.0 Å². The third-order valence-corrected chi connectivity index (χ3v) is 6.41. The lowest BCUT2D eigenvalue weighted by atomic mass is 10.00. The molecule has 14 heteroatoms. The summed E-state index contributed by atoms with van der Waals surface area (Å²) < 4.78 is 33.7. The molecule has 0 radical (unpaired) electrons. The van der Waals surface area contributed by atoms with Gasteiger partial charge < -0.3 is 9.64 Å². The quantitative estimate of drug-likeness (QED) is 0.350. The molecule has 2 amide bonds. The van der Waals surface area contributed by atoms with Gasteiger partial charge in [-0.2, -0.15) is 0 Å². The van der Waals surface area contributed by atoms with Crippen molar-refractivity contribution in [1.29, 1.82) is 0 Å². The molecule has 0 aromatic carbocycles. The summed E-state index contributed by atoms with van der Waals surface area (Å²) in [5.74, 6) is -0.567. The Bertz CT molecular complexity index is 1600. The van der Waals surface area contributed by atoms with Crippen molar-refractivity contribution < 1.29 is 23.1 Å². The molecule has 4 rings (SSSR count). The smallest absolute Gasteiger partial charge is 0.280 e. The highest BCUT2D eigenvalue weighted by Crippen LogP contribution is 2.35. The Balaban J connectivity index is 1.79. The standard InChI is InChI=1S/C25H23F2N7O4S/c1-13-5-6-34(22(36)7-13)19-9-14(15-8-17(23(26)27)28-12-18(15)38-4)16(11-29-19)24(37)30-25-32-31-20(39-25)10-21(35)33(2)3/h5-9,11-12,23H,10H2,1-4H3,(H,30,32,37). The van der Waals surface area contributed by atoms with E-state index < -0.39 is 18.0 Å². The summed E-state index contributed by atoms with van der Waals surface area (Å²) in [7, 11) is 4.57. The number of hydrogen-bond acceptors (Lipinski definition) is 9. The Morgan fingerprint density at radius 2 is 1.90 bits per heavy atom. The zero-order chi connectivity index (χ0) is 28.3. The number of methoxy groups -OCH3 is 1. The molecule has 4 aromatic heterocycles. The Hall–Kier alpha value is -4.59. The van der Waals surface area contributed by atoms with Crippen LogP contribution in [0, 0.1) is 6.92 Å². The maximum atomic E-state index is 13.5. The highest BCUT2D eigenvalue weighted by Gasteiger charge is 2.22. The molecule has 0 aliphatic heterocycles. The van der Waals surface area contributed by atoms with E-state index >= 15 is 0 Å². The van der Waals surface area contributed by atoms with E-state index in [0.29, 0.717) is 5.01 Å². The molecule has 11 nitrogen and oxygen atoms in total. The summed E-state index contributed by atoms with van der Waals surface area (Å²) in [5, 5.41) is 11.0. The number of rotatable bonds is 8. The number of likely N-dealkylation sites (N-methyl/N-ethyl adjacent to an activating group) is 1. The van der Waals surface area contributed by atoms with Gasteiger partial charge in [0.25, 0.3) is 17.9 Å². The van der Waals surface area contributed by atoms with Gasteiger partial charge in [0.2, 0.25) is 11.0 Å². The fourth-order valence-electron chi connectivity index (χ4n) is 3.53. The average Bonchev–Trinajstić information content (AvgIpc) is 3.34. The van der Waals surface area contributed by atoms with Crippen LogP contribution < -0.4 is 15.6 Å². The second-order valence-corrected chi connectivity index (χ2v) is 9.59. The van der Waals surface area contributed by atoms with E-state index in [9.17, 15) is 23.2 Å². The molecule has 202 valence electrons. The van der Waals surface area contributed by atoms with Gasteiger partial charge in [-0.05, 0) is 30.7 Å². The number of hydrogen-bond donors (Lipinski definition) is 1. The van der Waals surface area contributed by atoms with Crippen LogP contribution >= 0.6 is 11.3 Å². The third-order valence-electron chi connectivity index (χ3n) is 5.57. The summed E-state index contributed by atoms with van der Waals surface area (Å²) in [6.07, 6.45) is 1.02. The number of halogens is 2. The van der Waals surface area contributed by atoms with Gasteiger partial charge in [0.05, 0.1) is 25.3 Å². The number of nitrogens with zero attached hydrogens (tertiary/aromatic N) is 6. The predicted octanol–water partition coefficient (Wildman–Crippen LogP) is 3.28. The van der Waals surface area contributed by atoms with Crippen LogP contribution in [0.2, 0.25) is 0 Å².